The van der Waals surface area contributed by atoms with Crippen LogP contribution in [-0.2, 0) is 13.0 Å². The number of aromatic nitrogens is 2. The smallest absolute Gasteiger partial charge is 0.247 e. The average molecular weight is 309 g/mol. The number of aryl methyl sites for hydroxylation is 1. The largest absolute Gasteiger partial charge is 0.497 e. The zero-order valence-electron chi connectivity index (χ0n) is 13.2. The van der Waals surface area contributed by atoms with E-state index < -0.39 is 0 Å². The van der Waals surface area contributed by atoms with Crippen molar-refractivity contribution in [1.29, 1.82) is 0 Å². The molecule has 0 unspecified atom stereocenters. The first-order valence-corrected chi connectivity index (χ1v) is 7.58. The Hall–Kier alpha value is -2.82. The van der Waals surface area contributed by atoms with Gasteiger partial charge in [-0.2, -0.15) is 0 Å². The molecule has 0 atom stereocenters. The molecule has 3 aromatic rings. The van der Waals surface area contributed by atoms with Gasteiger partial charge in [-0.05, 0) is 48.4 Å². The van der Waals surface area contributed by atoms with Gasteiger partial charge in [0.2, 0.25) is 11.8 Å². The maximum absolute atomic E-state index is 5.68. The highest BCUT2D eigenvalue weighted by molar-refractivity contribution is 5.54. The zero-order chi connectivity index (χ0) is 16.1. The highest BCUT2D eigenvalue weighted by atomic mass is 16.5. The van der Waals surface area contributed by atoms with Crippen LogP contribution in [0.2, 0.25) is 0 Å². The van der Waals surface area contributed by atoms with E-state index in [1.807, 2.05) is 24.3 Å². The molecule has 3 rings (SSSR count). The molecule has 0 fully saturated rings. The molecule has 2 aromatic carbocycles. The van der Waals surface area contributed by atoms with Gasteiger partial charge >= 0.3 is 0 Å². The van der Waals surface area contributed by atoms with Crippen molar-refractivity contribution in [2.75, 3.05) is 12.4 Å². The van der Waals surface area contributed by atoms with Crippen LogP contribution in [0.4, 0.5) is 5.69 Å². The molecule has 5 heteroatoms. The summed E-state index contributed by atoms with van der Waals surface area (Å²) in [5.74, 6) is 1.85. The third-order valence-corrected chi connectivity index (χ3v) is 3.61. The monoisotopic (exact) mass is 309 g/mol. The van der Waals surface area contributed by atoms with Gasteiger partial charge in [0.05, 0.1) is 13.7 Å². The minimum Gasteiger partial charge on any atom is -0.497 e. The molecular formula is C18H19N3O2. The van der Waals surface area contributed by atoms with Crippen molar-refractivity contribution in [3.05, 3.63) is 60.0 Å². The molecule has 1 N–H and O–H groups in total. The van der Waals surface area contributed by atoms with Crippen molar-refractivity contribution in [3.8, 4) is 17.2 Å². The summed E-state index contributed by atoms with van der Waals surface area (Å²) in [6.07, 6.45) is 1.04. The molecule has 5 nitrogen and oxygen atoms in total. The number of ether oxygens (including phenoxy) is 1. The van der Waals surface area contributed by atoms with Gasteiger partial charge in [-0.15, -0.1) is 10.2 Å². The predicted molar refractivity (Wildman–Crippen MR) is 89.4 cm³/mol. The second kappa shape index (κ2) is 6.96. The first kappa shape index (κ1) is 15.1. The lowest BCUT2D eigenvalue weighted by Crippen LogP contribution is -1.99. The van der Waals surface area contributed by atoms with Crippen molar-refractivity contribution in [1.82, 2.24) is 10.2 Å². The lowest BCUT2D eigenvalue weighted by atomic mass is 10.1. The van der Waals surface area contributed by atoms with E-state index in [1.165, 1.54) is 5.56 Å². The molecule has 0 aliphatic heterocycles. The van der Waals surface area contributed by atoms with Gasteiger partial charge in [0.1, 0.15) is 5.75 Å². The number of hydrogen-bond donors (Lipinski definition) is 1. The summed E-state index contributed by atoms with van der Waals surface area (Å²) in [4.78, 5) is 0. The average Bonchev–Trinajstić information content (AvgIpc) is 3.09. The summed E-state index contributed by atoms with van der Waals surface area (Å²) in [5, 5.41) is 11.4. The van der Waals surface area contributed by atoms with Crippen LogP contribution in [-0.4, -0.2) is 17.3 Å². The van der Waals surface area contributed by atoms with Gasteiger partial charge in [0.25, 0.3) is 0 Å². The van der Waals surface area contributed by atoms with Crippen LogP contribution in [0.15, 0.2) is 52.9 Å². The third kappa shape index (κ3) is 3.69. The van der Waals surface area contributed by atoms with Gasteiger partial charge in [0, 0.05) is 11.3 Å². The van der Waals surface area contributed by atoms with Crippen molar-refractivity contribution in [2.24, 2.45) is 0 Å². The number of methoxy groups -OCH3 is 1. The van der Waals surface area contributed by atoms with E-state index in [0.29, 0.717) is 18.3 Å². The number of anilines is 1. The zero-order valence-corrected chi connectivity index (χ0v) is 13.2. The molecule has 23 heavy (non-hydrogen) atoms. The van der Waals surface area contributed by atoms with Crippen LogP contribution in [0.25, 0.3) is 11.5 Å². The molecule has 1 heterocycles. The first-order chi connectivity index (χ1) is 11.3. The minimum absolute atomic E-state index is 0.495. The first-order valence-electron chi connectivity index (χ1n) is 7.58. The minimum atomic E-state index is 0.495. The Balaban J connectivity index is 1.64. The predicted octanol–water partition coefficient (Wildman–Crippen LogP) is 3.92. The summed E-state index contributed by atoms with van der Waals surface area (Å²) in [7, 11) is 1.64. The van der Waals surface area contributed by atoms with Crippen molar-refractivity contribution >= 4 is 5.69 Å². The molecule has 118 valence electrons. The van der Waals surface area contributed by atoms with E-state index in [9.17, 15) is 0 Å². The summed E-state index contributed by atoms with van der Waals surface area (Å²) < 4.78 is 10.8. The van der Waals surface area contributed by atoms with E-state index in [2.05, 4.69) is 46.7 Å². The Morgan fingerprint density at radius 3 is 2.39 bits per heavy atom. The van der Waals surface area contributed by atoms with Gasteiger partial charge in [-0.25, -0.2) is 0 Å². The Morgan fingerprint density at radius 2 is 1.74 bits per heavy atom. The van der Waals surface area contributed by atoms with Crippen LogP contribution in [0.3, 0.4) is 0 Å². The van der Waals surface area contributed by atoms with Crippen LogP contribution < -0.4 is 10.1 Å². The molecule has 1 aromatic heterocycles. The molecule has 0 aliphatic rings. The lowest BCUT2D eigenvalue weighted by molar-refractivity contribution is 0.415. The van der Waals surface area contributed by atoms with Crippen molar-refractivity contribution < 1.29 is 9.15 Å². The van der Waals surface area contributed by atoms with Crippen molar-refractivity contribution in [3.63, 3.8) is 0 Å². The SMILES string of the molecule is CCc1ccc(NCc2nnc(-c3ccc(OC)cc3)o2)cc1. The Kier molecular flexibility index (Phi) is 4.57. The number of hydrogen-bond acceptors (Lipinski definition) is 5. The molecule has 0 aliphatic carbocycles. The third-order valence-electron chi connectivity index (χ3n) is 3.61. The standard InChI is InChI=1S/C18H19N3O2/c1-3-13-4-8-15(9-5-13)19-12-17-20-21-18(23-17)14-6-10-16(22-2)11-7-14/h4-11,19H,3,12H2,1-2H3. The fraction of sp³-hybridized carbons (Fsp3) is 0.222. The molecule has 0 saturated heterocycles. The van der Waals surface area contributed by atoms with Crippen LogP contribution >= 0.6 is 0 Å². The second-order valence-corrected chi connectivity index (χ2v) is 5.13. The maximum Gasteiger partial charge on any atom is 0.247 e. The fourth-order valence-corrected chi connectivity index (χ4v) is 2.21. The normalized spacial score (nSPS) is 10.5. The molecule has 0 radical (unpaired) electrons. The summed E-state index contributed by atoms with van der Waals surface area (Å²) in [6, 6.07) is 15.9. The number of nitrogens with zero attached hydrogens (tertiary/aromatic N) is 2. The highest BCUT2D eigenvalue weighted by Crippen LogP contribution is 2.21. The number of nitrogens with one attached hydrogen (secondary N) is 1. The Morgan fingerprint density at radius 1 is 1.00 bits per heavy atom. The topological polar surface area (TPSA) is 60.2 Å². The highest BCUT2D eigenvalue weighted by Gasteiger charge is 2.08. The Bertz CT molecular complexity index is 749. The number of benzene rings is 2. The molecule has 0 amide bonds. The van der Waals surface area contributed by atoms with Gasteiger partial charge in [0.15, 0.2) is 0 Å². The number of rotatable bonds is 6. The van der Waals surface area contributed by atoms with Crippen LogP contribution in [0.1, 0.15) is 18.4 Å². The van der Waals surface area contributed by atoms with Gasteiger partial charge in [-0.3, -0.25) is 0 Å². The van der Waals surface area contributed by atoms with Gasteiger partial charge in [-0.1, -0.05) is 19.1 Å². The van der Waals surface area contributed by atoms with Crippen LogP contribution in [0, 0.1) is 0 Å². The van der Waals surface area contributed by atoms with E-state index in [1.54, 1.807) is 7.11 Å². The van der Waals surface area contributed by atoms with E-state index in [0.717, 1.165) is 23.4 Å². The molecule has 0 saturated carbocycles. The molecule has 0 spiro atoms. The maximum atomic E-state index is 5.68. The van der Waals surface area contributed by atoms with E-state index >= 15 is 0 Å². The van der Waals surface area contributed by atoms with Crippen molar-refractivity contribution in [2.45, 2.75) is 19.9 Å². The fourth-order valence-electron chi connectivity index (χ4n) is 2.21. The Labute approximate surface area is 135 Å². The quantitative estimate of drug-likeness (QED) is 0.748. The summed E-state index contributed by atoms with van der Waals surface area (Å²) in [5.41, 5.74) is 3.22. The second-order valence-electron chi connectivity index (χ2n) is 5.13. The van der Waals surface area contributed by atoms with E-state index in [4.69, 9.17) is 9.15 Å². The van der Waals surface area contributed by atoms with Crippen LogP contribution in [0.5, 0.6) is 5.75 Å². The van der Waals surface area contributed by atoms with Gasteiger partial charge < -0.3 is 14.5 Å². The molecule has 0 bridgehead atoms. The molecular weight excluding hydrogens is 290 g/mol. The summed E-state index contributed by atoms with van der Waals surface area (Å²) in [6.45, 7) is 2.64. The lowest BCUT2D eigenvalue weighted by Gasteiger charge is -2.04. The van der Waals surface area contributed by atoms with E-state index in [-0.39, 0.29) is 0 Å². The summed E-state index contributed by atoms with van der Waals surface area (Å²) >= 11 is 0.